The van der Waals surface area contributed by atoms with Crippen molar-refractivity contribution in [3.8, 4) is 0 Å². The van der Waals surface area contributed by atoms with Crippen LogP contribution >= 0.6 is 23.1 Å². The van der Waals surface area contributed by atoms with Gasteiger partial charge >= 0.3 is 0 Å². The SMILES string of the molecule is Cc1ccc(NC(=O)CSc2nnc3n(CCc4ccccc4)c(=O)c4c5c(sc4n23)COC(C(C)C)C5)cc1. The molecule has 8 nitrogen and oxygen atoms in total. The van der Waals surface area contributed by atoms with Gasteiger partial charge in [-0.3, -0.25) is 14.2 Å². The summed E-state index contributed by atoms with van der Waals surface area (Å²) in [6.45, 7) is 7.28. The summed E-state index contributed by atoms with van der Waals surface area (Å²) in [6, 6.07) is 17.8. The van der Waals surface area contributed by atoms with Gasteiger partial charge in [-0.1, -0.05) is 73.6 Å². The van der Waals surface area contributed by atoms with Gasteiger partial charge in [0.05, 0.1) is 23.8 Å². The second kappa shape index (κ2) is 11.2. The molecular weight excluding hydrogens is 542 g/mol. The van der Waals surface area contributed by atoms with Crippen LogP contribution in [0.25, 0.3) is 16.0 Å². The first-order valence-corrected chi connectivity index (χ1v) is 15.3. The maximum atomic E-state index is 14.1. The summed E-state index contributed by atoms with van der Waals surface area (Å²) >= 11 is 2.89. The third-order valence-electron chi connectivity index (χ3n) is 7.30. The minimum Gasteiger partial charge on any atom is -0.372 e. The number of aryl methyl sites for hydroxylation is 3. The monoisotopic (exact) mass is 573 g/mol. The molecule has 40 heavy (non-hydrogen) atoms. The van der Waals surface area contributed by atoms with Crippen LogP contribution < -0.4 is 10.9 Å². The number of nitrogens with zero attached hydrogens (tertiary/aromatic N) is 4. The Morgan fingerprint density at radius 2 is 1.93 bits per heavy atom. The molecule has 0 saturated carbocycles. The summed E-state index contributed by atoms with van der Waals surface area (Å²) in [7, 11) is 0. The number of rotatable bonds is 8. The Hall–Kier alpha value is -3.47. The molecule has 0 radical (unpaired) electrons. The van der Waals surface area contributed by atoms with Crippen LogP contribution in [0.2, 0.25) is 0 Å². The Bertz CT molecular complexity index is 1740. The fourth-order valence-electron chi connectivity index (χ4n) is 5.06. The molecule has 1 unspecified atom stereocenters. The number of fused-ring (bicyclic) bond motifs is 5. The Kier molecular flexibility index (Phi) is 7.48. The van der Waals surface area contributed by atoms with Crippen molar-refractivity contribution >= 4 is 50.7 Å². The largest absolute Gasteiger partial charge is 0.372 e. The Balaban J connectivity index is 1.38. The fraction of sp³-hybridized carbons (Fsp3) is 0.333. The molecule has 6 rings (SSSR count). The molecule has 1 amide bonds. The van der Waals surface area contributed by atoms with Crippen molar-refractivity contribution in [1.82, 2.24) is 19.2 Å². The van der Waals surface area contributed by atoms with E-state index in [1.165, 1.54) is 11.8 Å². The molecule has 1 N–H and O–H groups in total. The average molecular weight is 574 g/mol. The van der Waals surface area contributed by atoms with E-state index in [-0.39, 0.29) is 23.3 Å². The number of carbonyl (C=O) groups excluding carboxylic acids is 1. The van der Waals surface area contributed by atoms with Gasteiger partial charge in [0.25, 0.3) is 5.56 Å². The molecule has 5 aromatic rings. The van der Waals surface area contributed by atoms with Crippen molar-refractivity contribution in [2.24, 2.45) is 5.92 Å². The lowest BCUT2D eigenvalue weighted by Gasteiger charge is -2.26. The van der Waals surface area contributed by atoms with Gasteiger partial charge < -0.3 is 10.1 Å². The van der Waals surface area contributed by atoms with Gasteiger partial charge in [0.1, 0.15) is 4.83 Å². The van der Waals surface area contributed by atoms with Crippen LogP contribution in [0, 0.1) is 12.8 Å². The number of aromatic nitrogens is 4. The van der Waals surface area contributed by atoms with Crippen LogP contribution in [-0.4, -0.2) is 36.9 Å². The summed E-state index contributed by atoms with van der Waals surface area (Å²) in [5.74, 6) is 0.885. The van der Waals surface area contributed by atoms with E-state index in [4.69, 9.17) is 4.74 Å². The molecule has 0 fully saturated rings. The third-order valence-corrected chi connectivity index (χ3v) is 9.42. The molecule has 1 aliphatic rings. The maximum Gasteiger partial charge on any atom is 0.263 e. The lowest BCUT2D eigenvalue weighted by molar-refractivity contribution is -0.113. The summed E-state index contributed by atoms with van der Waals surface area (Å²) in [4.78, 5) is 28.7. The molecule has 2 aromatic carbocycles. The smallest absolute Gasteiger partial charge is 0.263 e. The highest BCUT2D eigenvalue weighted by molar-refractivity contribution is 7.99. The highest BCUT2D eigenvalue weighted by atomic mass is 32.2. The quantitative estimate of drug-likeness (QED) is 0.247. The second-order valence-corrected chi connectivity index (χ2v) is 12.5. The molecule has 0 bridgehead atoms. The van der Waals surface area contributed by atoms with Crippen LogP contribution in [-0.2, 0) is 35.5 Å². The number of ether oxygens (including phenoxy) is 1. The maximum absolute atomic E-state index is 14.1. The number of nitrogens with one attached hydrogen (secondary N) is 1. The van der Waals surface area contributed by atoms with Crippen molar-refractivity contribution in [1.29, 1.82) is 0 Å². The lowest BCUT2D eigenvalue weighted by Crippen LogP contribution is -2.29. The predicted molar refractivity (Wildman–Crippen MR) is 160 cm³/mol. The van der Waals surface area contributed by atoms with E-state index >= 15 is 0 Å². The highest BCUT2D eigenvalue weighted by Gasteiger charge is 2.30. The number of hydrogen-bond acceptors (Lipinski definition) is 7. The van der Waals surface area contributed by atoms with Crippen LogP contribution in [0.4, 0.5) is 5.69 Å². The molecule has 1 atom stereocenters. The minimum absolute atomic E-state index is 0.0404. The number of thioether (sulfide) groups is 1. The second-order valence-electron chi connectivity index (χ2n) is 10.5. The highest BCUT2D eigenvalue weighted by Crippen LogP contribution is 2.37. The van der Waals surface area contributed by atoms with Crippen LogP contribution in [0.5, 0.6) is 0 Å². The lowest BCUT2D eigenvalue weighted by atomic mass is 9.96. The van der Waals surface area contributed by atoms with Crippen molar-refractivity contribution < 1.29 is 9.53 Å². The van der Waals surface area contributed by atoms with Gasteiger partial charge in [0.2, 0.25) is 11.7 Å². The summed E-state index contributed by atoms with van der Waals surface area (Å²) in [5.41, 5.74) is 4.07. The van der Waals surface area contributed by atoms with Crippen LogP contribution in [0.15, 0.2) is 64.5 Å². The molecule has 1 aliphatic heterocycles. The number of hydrogen-bond donors (Lipinski definition) is 1. The van der Waals surface area contributed by atoms with Crippen molar-refractivity contribution in [3.05, 3.63) is 86.5 Å². The van der Waals surface area contributed by atoms with E-state index in [0.717, 1.165) is 37.5 Å². The zero-order chi connectivity index (χ0) is 27.8. The van der Waals surface area contributed by atoms with Gasteiger partial charge in [0, 0.05) is 23.5 Å². The molecule has 3 aromatic heterocycles. The average Bonchev–Trinajstić information content (AvgIpc) is 3.55. The summed E-state index contributed by atoms with van der Waals surface area (Å²) < 4.78 is 9.84. The summed E-state index contributed by atoms with van der Waals surface area (Å²) in [6.07, 6.45) is 1.47. The summed E-state index contributed by atoms with van der Waals surface area (Å²) in [5, 5.41) is 13.2. The normalized spacial score (nSPS) is 15.2. The van der Waals surface area contributed by atoms with E-state index in [1.54, 1.807) is 15.9 Å². The first-order chi connectivity index (χ1) is 19.4. The van der Waals surface area contributed by atoms with Crippen molar-refractivity contribution in [2.75, 3.05) is 11.1 Å². The van der Waals surface area contributed by atoms with E-state index in [1.807, 2.05) is 53.8 Å². The fourth-order valence-corrected chi connectivity index (χ4v) is 7.10. The zero-order valence-electron chi connectivity index (χ0n) is 22.7. The number of benzene rings is 2. The number of carbonyl (C=O) groups is 1. The Morgan fingerprint density at radius 3 is 2.67 bits per heavy atom. The first-order valence-electron chi connectivity index (χ1n) is 13.5. The van der Waals surface area contributed by atoms with Crippen molar-refractivity contribution in [2.45, 2.75) is 58.0 Å². The Morgan fingerprint density at radius 1 is 1.15 bits per heavy atom. The van der Waals surface area contributed by atoms with Gasteiger partial charge in [-0.15, -0.1) is 21.5 Å². The van der Waals surface area contributed by atoms with Crippen LogP contribution in [0.3, 0.4) is 0 Å². The molecule has 0 aliphatic carbocycles. The number of thiophene rings is 1. The molecule has 0 saturated heterocycles. The molecule has 206 valence electrons. The Labute approximate surface area is 240 Å². The van der Waals surface area contributed by atoms with Gasteiger partial charge in [0.15, 0.2) is 5.16 Å². The molecular formula is C30H31N5O3S2. The molecule has 10 heteroatoms. The van der Waals surface area contributed by atoms with Crippen molar-refractivity contribution in [3.63, 3.8) is 0 Å². The van der Waals surface area contributed by atoms with E-state index < -0.39 is 0 Å². The van der Waals surface area contributed by atoms with E-state index in [9.17, 15) is 9.59 Å². The first kappa shape index (κ1) is 26.7. The molecule has 4 heterocycles. The van der Waals surface area contributed by atoms with E-state index in [0.29, 0.717) is 42.8 Å². The zero-order valence-corrected chi connectivity index (χ0v) is 24.3. The predicted octanol–water partition coefficient (Wildman–Crippen LogP) is 5.48. The third kappa shape index (κ3) is 5.18. The standard InChI is InChI=1S/C30H31N5O3S2/c1-18(2)23-15-22-24(16-38-23)40-28-26(22)27(37)34(14-13-20-7-5-4-6-8-20)29-32-33-30(35(28)29)39-17-25(36)31-21-11-9-19(3)10-12-21/h4-12,18,23H,13-17H2,1-3H3,(H,31,36). The molecule has 0 spiro atoms. The van der Waals surface area contributed by atoms with Crippen LogP contribution in [0.1, 0.15) is 35.4 Å². The van der Waals surface area contributed by atoms with E-state index in [2.05, 4.69) is 41.5 Å². The number of anilines is 1. The minimum atomic E-state index is -0.127. The van der Waals surface area contributed by atoms with Gasteiger partial charge in [-0.2, -0.15) is 0 Å². The van der Waals surface area contributed by atoms with Gasteiger partial charge in [-0.25, -0.2) is 4.40 Å². The topological polar surface area (TPSA) is 90.5 Å². The van der Waals surface area contributed by atoms with Gasteiger partial charge in [-0.05, 0) is 42.5 Å². The number of amides is 1.